The van der Waals surface area contributed by atoms with Gasteiger partial charge in [0.2, 0.25) is 0 Å². The predicted molar refractivity (Wildman–Crippen MR) is 78.8 cm³/mol. The number of Topliss-reactive ketones (excluding diaryl/α,β-unsaturated/α-hetero) is 1. The van der Waals surface area contributed by atoms with Crippen molar-refractivity contribution in [2.75, 3.05) is 0 Å². The quantitative estimate of drug-likeness (QED) is 0.819. The summed E-state index contributed by atoms with van der Waals surface area (Å²) in [5, 5.41) is 0.692. The van der Waals surface area contributed by atoms with Crippen LogP contribution in [-0.4, -0.2) is 15.3 Å². The lowest BCUT2D eigenvalue weighted by atomic mass is 10.1. The van der Waals surface area contributed by atoms with Gasteiger partial charge >= 0.3 is 0 Å². The Morgan fingerprint density at radius 3 is 2.50 bits per heavy atom. The normalized spacial score (nSPS) is 10.6. The molecule has 20 heavy (non-hydrogen) atoms. The second-order valence-electron chi connectivity index (χ2n) is 4.42. The van der Waals surface area contributed by atoms with Crippen LogP contribution in [0.15, 0.2) is 29.1 Å². The molecule has 0 amide bonds. The molecule has 0 aliphatic rings. The van der Waals surface area contributed by atoms with E-state index in [-0.39, 0.29) is 17.9 Å². The topological polar surface area (TPSA) is 52.0 Å². The van der Waals surface area contributed by atoms with Gasteiger partial charge in [-0.05, 0) is 32.0 Å². The standard InChI is InChI=1S/C14H12Cl2N2O2/c1-8-5-14(20)18(9(2)17-8)7-13(19)10-3-4-11(15)12(16)6-10/h3-6H,7H2,1-2H3. The third kappa shape index (κ3) is 3.08. The first-order valence-corrected chi connectivity index (χ1v) is 6.67. The molecule has 0 atom stereocenters. The summed E-state index contributed by atoms with van der Waals surface area (Å²) >= 11 is 11.7. The zero-order valence-corrected chi connectivity index (χ0v) is 12.5. The van der Waals surface area contributed by atoms with Crippen molar-refractivity contribution >= 4 is 29.0 Å². The van der Waals surface area contributed by atoms with E-state index in [1.54, 1.807) is 26.0 Å². The maximum atomic E-state index is 12.2. The molecule has 0 fully saturated rings. The Bertz CT molecular complexity index is 738. The van der Waals surface area contributed by atoms with E-state index < -0.39 is 0 Å². The van der Waals surface area contributed by atoms with Gasteiger partial charge in [-0.2, -0.15) is 0 Å². The minimum Gasteiger partial charge on any atom is -0.292 e. The number of benzene rings is 1. The van der Waals surface area contributed by atoms with E-state index in [4.69, 9.17) is 23.2 Å². The molecule has 1 heterocycles. The lowest BCUT2D eigenvalue weighted by molar-refractivity contribution is 0.0969. The van der Waals surface area contributed by atoms with E-state index in [1.165, 1.54) is 16.7 Å². The van der Waals surface area contributed by atoms with Gasteiger partial charge in [-0.25, -0.2) is 4.98 Å². The number of hydrogen-bond acceptors (Lipinski definition) is 3. The average molecular weight is 311 g/mol. The molecule has 0 radical (unpaired) electrons. The number of aromatic nitrogens is 2. The third-order valence-electron chi connectivity index (χ3n) is 2.87. The van der Waals surface area contributed by atoms with E-state index in [0.717, 1.165) is 0 Å². The van der Waals surface area contributed by atoms with Crippen molar-refractivity contribution < 1.29 is 4.79 Å². The van der Waals surface area contributed by atoms with Gasteiger partial charge in [0, 0.05) is 17.3 Å². The van der Waals surface area contributed by atoms with Crippen molar-refractivity contribution in [2.24, 2.45) is 0 Å². The fourth-order valence-corrected chi connectivity index (χ4v) is 2.16. The number of carbonyl (C=O) groups excluding carboxylic acids is 1. The van der Waals surface area contributed by atoms with Gasteiger partial charge < -0.3 is 0 Å². The fraction of sp³-hybridized carbons (Fsp3) is 0.214. The molecule has 1 aromatic carbocycles. The molecule has 104 valence electrons. The highest BCUT2D eigenvalue weighted by atomic mass is 35.5. The van der Waals surface area contributed by atoms with Crippen LogP contribution in [0.5, 0.6) is 0 Å². The van der Waals surface area contributed by atoms with Crippen LogP contribution in [0.3, 0.4) is 0 Å². The van der Waals surface area contributed by atoms with Crippen LogP contribution >= 0.6 is 23.2 Å². The van der Waals surface area contributed by atoms with Gasteiger partial charge in [0.15, 0.2) is 5.78 Å². The molecule has 0 aliphatic heterocycles. The van der Waals surface area contributed by atoms with Crippen molar-refractivity contribution in [1.82, 2.24) is 9.55 Å². The lowest BCUT2D eigenvalue weighted by Crippen LogP contribution is -2.27. The van der Waals surface area contributed by atoms with Crippen molar-refractivity contribution in [3.63, 3.8) is 0 Å². The maximum Gasteiger partial charge on any atom is 0.254 e. The summed E-state index contributed by atoms with van der Waals surface area (Å²) < 4.78 is 1.33. The summed E-state index contributed by atoms with van der Waals surface area (Å²) in [5.41, 5.74) is 0.792. The lowest BCUT2D eigenvalue weighted by Gasteiger charge is -2.09. The summed E-state index contributed by atoms with van der Waals surface area (Å²) in [6.45, 7) is 3.35. The number of halogens is 2. The van der Waals surface area contributed by atoms with Crippen LogP contribution in [0.1, 0.15) is 21.9 Å². The molecule has 0 N–H and O–H groups in total. The second-order valence-corrected chi connectivity index (χ2v) is 5.24. The zero-order chi connectivity index (χ0) is 14.9. The number of rotatable bonds is 3. The van der Waals surface area contributed by atoms with E-state index in [9.17, 15) is 9.59 Å². The zero-order valence-electron chi connectivity index (χ0n) is 11.0. The summed E-state index contributed by atoms with van der Waals surface area (Å²) in [4.78, 5) is 28.2. The minimum atomic E-state index is -0.247. The molecule has 0 bridgehead atoms. The summed E-state index contributed by atoms with van der Waals surface area (Å²) in [6.07, 6.45) is 0. The van der Waals surface area contributed by atoms with Crippen molar-refractivity contribution in [3.8, 4) is 0 Å². The van der Waals surface area contributed by atoms with Crippen LogP contribution in [-0.2, 0) is 6.54 Å². The second kappa shape index (κ2) is 5.77. The highest BCUT2D eigenvalue weighted by Gasteiger charge is 2.12. The Labute approximate surface area is 126 Å². The Kier molecular flexibility index (Phi) is 4.26. The summed E-state index contributed by atoms with van der Waals surface area (Å²) in [5.74, 6) is 0.280. The minimum absolute atomic E-state index is 0.0735. The average Bonchev–Trinajstić information content (AvgIpc) is 2.36. The molecule has 1 aromatic heterocycles. The molecule has 6 heteroatoms. The molecule has 0 saturated carbocycles. The molecule has 0 aliphatic carbocycles. The Morgan fingerprint density at radius 1 is 1.20 bits per heavy atom. The monoisotopic (exact) mass is 310 g/mol. The molecule has 0 spiro atoms. The van der Waals surface area contributed by atoms with Crippen LogP contribution in [0, 0.1) is 13.8 Å². The SMILES string of the molecule is Cc1cc(=O)n(CC(=O)c2ccc(Cl)c(Cl)c2)c(C)n1. The van der Waals surface area contributed by atoms with Crippen molar-refractivity contribution in [2.45, 2.75) is 20.4 Å². The van der Waals surface area contributed by atoms with Crippen molar-refractivity contribution in [1.29, 1.82) is 0 Å². The predicted octanol–water partition coefficient (Wildman–Crippen LogP) is 3.05. The number of hydrogen-bond donors (Lipinski definition) is 0. The highest BCUT2D eigenvalue weighted by Crippen LogP contribution is 2.22. The number of nitrogens with zero attached hydrogens (tertiary/aromatic N) is 2. The molecular weight excluding hydrogens is 299 g/mol. The number of carbonyl (C=O) groups is 1. The molecular formula is C14H12Cl2N2O2. The van der Waals surface area contributed by atoms with E-state index in [0.29, 0.717) is 27.1 Å². The summed E-state index contributed by atoms with van der Waals surface area (Å²) in [6, 6.07) is 6.03. The maximum absolute atomic E-state index is 12.2. The molecule has 2 rings (SSSR count). The van der Waals surface area contributed by atoms with Crippen LogP contribution < -0.4 is 5.56 Å². The van der Waals surface area contributed by atoms with Gasteiger partial charge in [0.05, 0.1) is 16.6 Å². The molecule has 4 nitrogen and oxygen atoms in total. The highest BCUT2D eigenvalue weighted by molar-refractivity contribution is 6.42. The van der Waals surface area contributed by atoms with Crippen LogP contribution in [0.2, 0.25) is 10.0 Å². The van der Waals surface area contributed by atoms with Gasteiger partial charge in [-0.3, -0.25) is 14.2 Å². The molecule has 0 unspecified atom stereocenters. The van der Waals surface area contributed by atoms with Gasteiger partial charge in [-0.15, -0.1) is 0 Å². The Hall–Kier alpha value is -1.65. The summed E-state index contributed by atoms with van der Waals surface area (Å²) in [7, 11) is 0. The first-order valence-electron chi connectivity index (χ1n) is 5.92. The Balaban J connectivity index is 2.33. The first kappa shape index (κ1) is 14.8. The number of ketones is 1. The van der Waals surface area contributed by atoms with Gasteiger partial charge in [0.25, 0.3) is 5.56 Å². The van der Waals surface area contributed by atoms with Gasteiger partial charge in [-0.1, -0.05) is 23.2 Å². The molecule has 0 saturated heterocycles. The first-order chi connectivity index (χ1) is 9.38. The van der Waals surface area contributed by atoms with Crippen LogP contribution in [0.4, 0.5) is 0 Å². The number of aryl methyl sites for hydroxylation is 2. The fourth-order valence-electron chi connectivity index (χ4n) is 1.86. The largest absolute Gasteiger partial charge is 0.292 e. The molecule has 2 aromatic rings. The smallest absolute Gasteiger partial charge is 0.254 e. The van der Waals surface area contributed by atoms with E-state index >= 15 is 0 Å². The Morgan fingerprint density at radius 2 is 1.90 bits per heavy atom. The van der Waals surface area contributed by atoms with Crippen LogP contribution in [0.25, 0.3) is 0 Å². The van der Waals surface area contributed by atoms with Crippen molar-refractivity contribution in [3.05, 3.63) is 61.7 Å². The van der Waals surface area contributed by atoms with E-state index in [1.807, 2.05) is 0 Å². The van der Waals surface area contributed by atoms with E-state index in [2.05, 4.69) is 4.98 Å². The van der Waals surface area contributed by atoms with Gasteiger partial charge in [0.1, 0.15) is 5.82 Å². The third-order valence-corrected chi connectivity index (χ3v) is 3.61.